The molecule has 0 aliphatic rings. The normalized spacial score (nSPS) is 11.2. The van der Waals surface area contributed by atoms with E-state index in [0.717, 1.165) is 20.5 Å². The molecule has 19 heavy (non-hydrogen) atoms. The largest absolute Gasteiger partial charge is 0.244 e. The summed E-state index contributed by atoms with van der Waals surface area (Å²) in [6.07, 6.45) is 6.86. The molecule has 4 rings (SSSR count). The zero-order valence-corrected chi connectivity index (χ0v) is 10.5. The van der Waals surface area contributed by atoms with Gasteiger partial charge in [0.05, 0.1) is 4.88 Å². The van der Waals surface area contributed by atoms with Gasteiger partial charge in [0.25, 0.3) is 0 Å². The Morgan fingerprint density at radius 1 is 1.00 bits per heavy atom. The van der Waals surface area contributed by atoms with Crippen LogP contribution in [0.25, 0.3) is 32.0 Å². The lowest BCUT2D eigenvalue weighted by atomic mass is 10.3. The molecule has 0 bridgehead atoms. The number of pyridine rings is 1. The first kappa shape index (κ1) is 10.5. The van der Waals surface area contributed by atoms with Gasteiger partial charge in [0.2, 0.25) is 0 Å². The van der Waals surface area contributed by atoms with Crippen molar-refractivity contribution in [2.24, 2.45) is 0 Å². The van der Waals surface area contributed by atoms with Gasteiger partial charge in [0.1, 0.15) is 11.2 Å². The maximum Gasteiger partial charge on any atom is 0.171 e. The Kier molecular flexibility index (Phi) is 2.22. The third-order valence-corrected chi connectivity index (χ3v) is 3.83. The number of rotatable bonds is 1. The van der Waals surface area contributed by atoms with Crippen LogP contribution in [0.1, 0.15) is 0 Å². The number of fused-ring (bicyclic) bond motifs is 2. The Balaban J connectivity index is 1.93. The van der Waals surface area contributed by atoms with Gasteiger partial charge in [0, 0.05) is 29.4 Å². The molecule has 5 nitrogen and oxygen atoms in total. The van der Waals surface area contributed by atoms with Crippen molar-refractivity contribution in [2.75, 3.05) is 0 Å². The van der Waals surface area contributed by atoms with E-state index in [1.807, 2.05) is 18.2 Å². The third-order valence-electron chi connectivity index (χ3n) is 2.77. The first-order valence-electron chi connectivity index (χ1n) is 5.68. The van der Waals surface area contributed by atoms with E-state index in [9.17, 15) is 0 Å². The van der Waals surface area contributed by atoms with Crippen LogP contribution in [0.15, 0.2) is 43.1 Å². The van der Waals surface area contributed by atoms with Crippen LogP contribution < -0.4 is 0 Å². The fourth-order valence-electron chi connectivity index (χ4n) is 1.88. The average Bonchev–Trinajstić information content (AvgIpc) is 2.90. The van der Waals surface area contributed by atoms with E-state index < -0.39 is 0 Å². The van der Waals surface area contributed by atoms with Crippen LogP contribution in [0, 0.1) is 0 Å². The summed E-state index contributed by atoms with van der Waals surface area (Å²) < 4.78 is 0. The summed E-state index contributed by atoms with van der Waals surface area (Å²) in [7, 11) is 0. The summed E-state index contributed by atoms with van der Waals surface area (Å²) in [5.74, 6) is 0.675. The van der Waals surface area contributed by atoms with Gasteiger partial charge in [-0.2, -0.15) is 0 Å². The van der Waals surface area contributed by atoms with Crippen LogP contribution in [0.4, 0.5) is 0 Å². The standard InChI is InChI=1S/C13H7N5S/c1-2-8-6-16-12(18-11(8)15-3-1)10-4-9-5-14-7-17-13(9)19-10/h1-7H. The molecular formula is C13H7N5S. The fourth-order valence-corrected chi connectivity index (χ4v) is 2.79. The number of hydrogen-bond donors (Lipinski definition) is 0. The molecule has 0 fully saturated rings. The second kappa shape index (κ2) is 4.03. The molecule has 0 saturated heterocycles. The van der Waals surface area contributed by atoms with E-state index in [1.165, 1.54) is 0 Å². The highest BCUT2D eigenvalue weighted by Gasteiger charge is 2.08. The summed E-state index contributed by atoms with van der Waals surface area (Å²) >= 11 is 1.56. The molecule has 4 heterocycles. The Bertz CT molecular complexity index is 853. The highest BCUT2D eigenvalue weighted by Crippen LogP contribution is 2.29. The highest BCUT2D eigenvalue weighted by molar-refractivity contribution is 7.21. The highest BCUT2D eigenvalue weighted by atomic mass is 32.1. The maximum atomic E-state index is 4.48. The van der Waals surface area contributed by atoms with Crippen LogP contribution in [0.3, 0.4) is 0 Å². The van der Waals surface area contributed by atoms with Crippen molar-refractivity contribution in [1.29, 1.82) is 0 Å². The van der Waals surface area contributed by atoms with Crippen LogP contribution in [-0.2, 0) is 0 Å². The average molecular weight is 265 g/mol. The van der Waals surface area contributed by atoms with Gasteiger partial charge < -0.3 is 0 Å². The van der Waals surface area contributed by atoms with Crippen molar-refractivity contribution in [3.63, 3.8) is 0 Å². The second-order valence-electron chi connectivity index (χ2n) is 4.00. The molecular weight excluding hydrogens is 258 g/mol. The molecule has 6 heteroatoms. The third kappa shape index (κ3) is 1.73. The molecule has 0 saturated carbocycles. The van der Waals surface area contributed by atoms with Crippen molar-refractivity contribution in [3.05, 3.63) is 43.1 Å². The summed E-state index contributed by atoms with van der Waals surface area (Å²) in [5.41, 5.74) is 0.705. The first-order valence-corrected chi connectivity index (χ1v) is 6.49. The zero-order chi connectivity index (χ0) is 12.7. The monoisotopic (exact) mass is 265 g/mol. The fraction of sp³-hybridized carbons (Fsp3) is 0. The lowest BCUT2D eigenvalue weighted by Gasteiger charge is -1.97. The zero-order valence-electron chi connectivity index (χ0n) is 9.69. The number of hydrogen-bond acceptors (Lipinski definition) is 6. The molecule has 0 N–H and O–H groups in total. The predicted molar refractivity (Wildman–Crippen MR) is 73.7 cm³/mol. The van der Waals surface area contributed by atoms with Crippen LogP contribution in [0.2, 0.25) is 0 Å². The number of thiophene rings is 1. The SMILES string of the molecule is c1cnc2nc(-c3cc4cncnc4s3)ncc2c1. The topological polar surface area (TPSA) is 64.5 Å². The van der Waals surface area contributed by atoms with E-state index in [1.54, 1.807) is 36.3 Å². The second-order valence-corrected chi connectivity index (χ2v) is 5.03. The Morgan fingerprint density at radius 2 is 2.00 bits per heavy atom. The molecule has 90 valence electrons. The molecule has 0 amide bonds. The van der Waals surface area contributed by atoms with E-state index >= 15 is 0 Å². The van der Waals surface area contributed by atoms with Gasteiger partial charge in [-0.1, -0.05) is 0 Å². The van der Waals surface area contributed by atoms with Gasteiger partial charge in [-0.15, -0.1) is 11.3 Å². The lowest BCUT2D eigenvalue weighted by Crippen LogP contribution is -1.89. The molecule has 0 unspecified atom stereocenters. The van der Waals surface area contributed by atoms with Gasteiger partial charge in [-0.25, -0.2) is 24.9 Å². The quantitative estimate of drug-likeness (QED) is 0.529. The summed E-state index contributed by atoms with van der Waals surface area (Å²) in [6, 6.07) is 5.83. The summed E-state index contributed by atoms with van der Waals surface area (Å²) in [6.45, 7) is 0. The minimum Gasteiger partial charge on any atom is -0.244 e. The van der Waals surface area contributed by atoms with Crippen molar-refractivity contribution >= 4 is 32.6 Å². The summed E-state index contributed by atoms with van der Waals surface area (Å²) in [5, 5.41) is 1.94. The molecule has 0 radical (unpaired) electrons. The van der Waals surface area contributed by atoms with Gasteiger partial charge in [-0.3, -0.25) is 0 Å². The molecule has 0 spiro atoms. The van der Waals surface area contributed by atoms with E-state index in [4.69, 9.17) is 0 Å². The maximum absolute atomic E-state index is 4.48. The molecule has 4 aromatic heterocycles. The van der Waals surface area contributed by atoms with Crippen LogP contribution in [-0.4, -0.2) is 24.9 Å². The summed E-state index contributed by atoms with van der Waals surface area (Å²) in [4.78, 5) is 23.3. The Morgan fingerprint density at radius 3 is 2.95 bits per heavy atom. The van der Waals surface area contributed by atoms with Gasteiger partial charge >= 0.3 is 0 Å². The Hall–Kier alpha value is -2.47. The molecule has 0 aromatic carbocycles. The minimum atomic E-state index is 0.675. The first-order chi connectivity index (χ1) is 9.40. The molecule has 0 aliphatic heterocycles. The number of nitrogens with zero attached hydrogens (tertiary/aromatic N) is 5. The van der Waals surface area contributed by atoms with Crippen LogP contribution in [0.5, 0.6) is 0 Å². The molecule has 0 aliphatic carbocycles. The molecule has 0 atom stereocenters. The van der Waals surface area contributed by atoms with E-state index in [-0.39, 0.29) is 0 Å². The van der Waals surface area contributed by atoms with Crippen molar-refractivity contribution in [1.82, 2.24) is 24.9 Å². The van der Waals surface area contributed by atoms with Crippen LogP contribution >= 0.6 is 11.3 Å². The van der Waals surface area contributed by atoms with Crippen molar-refractivity contribution < 1.29 is 0 Å². The van der Waals surface area contributed by atoms with Gasteiger partial charge in [-0.05, 0) is 18.2 Å². The van der Waals surface area contributed by atoms with E-state index in [2.05, 4.69) is 24.9 Å². The Labute approximate surface area is 112 Å². The molecule has 4 aromatic rings. The lowest BCUT2D eigenvalue weighted by molar-refractivity contribution is 1.20. The smallest absolute Gasteiger partial charge is 0.171 e. The van der Waals surface area contributed by atoms with E-state index in [0.29, 0.717) is 11.5 Å². The minimum absolute atomic E-state index is 0.675. The predicted octanol–water partition coefficient (Wildman–Crippen LogP) is 2.70. The van der Waals surface area contributed by atoms with Crippen molar-refractivity contribution in [2.45, 2.75) is 0 Å². The van der Waals surface area contributed by atoms with Gasteiger partial charge in [0.15, 0.2) is 11.5 Å². The number of aromatic nitrogens is 5. The van der Waals surface area contributed by atoms with Crippen molar-refractivity contribution in [3.8, 4) is 10.7 Å².